The molecule has 1 rings (SSSR count). The second kappa shape index (κ2) is 4.52. The van der Waals surface area contributed by atoms with E-state index in [1.807, 2.05) is 0 Å². The van der Waals surface area contributed by atoms with E-state index in [1.54, 1.807) is 0 Å². The molecule has 10 heteroatoms. The Hall–Kier alpha value is -1.48. The molecular formula is C10H4F10. The van der Waals surface area contributed by atoms with Gasteiger partial charge in [-0.25, -0.2) is 4.39 Å². The second-order valence-corrected chi connectivity index (χ2v) is 3.75. The molecule has 0 nitrogen and oxygen atoms in total. The fourth-order valence-electron chi connectivity index (χ4n) is 1.67. The highest BCUT2D eigenvalue weighted by molar-refractivity contribution is 5.33. The third-order valence-electron chi connectivity index (χ3n) is 2.55. The minimum Gasteiger partial charge on any atom is -0.207 e. The van der Waals surface area contributed by atoms with Crippen molar-refractivity contribution >= 4 is 0 Å². The Morgan fingerprint density at radius 1 is 0.550 bits per heavy atom. The first-order valence-electron chi connectivity index (χ1n) is 4.71. The van der Waals surface area contributed by atoms with Crippen LogP contribution in [-0.2, 0) is 5.41 Å². The first-order valence-corrected chi connectivity index (χ1v) is 4.71. The zero-order chi connectivity index (χ0) is 16.0. The monoisotopic (exact) mass is 314 g/mol. The van der Waals surface area contributed by atoms with Gasteiger partial charge in [-0.1, -0.05) is 12.1 Å². The van der Waals surface area contributed by atoms with Crippen molar-refractivity contribution in [2.45, 2.75) is 23.9 Å². The average molecular weight is 314 g/mol. The SMILES string of the molecule is Fc1ccc(C(C(F)(F)F)(C(F)(F)F)C(F)(F)F)cc1. The molecule has 0 aromatic heterocycles. The maximum atomic E-state index is 12.6. The van der Waals surface area contributed by atoms with Gasteiger partial charge in [0.25, 0.3) is 5.41 Å². The first kappa shape index (κ1) is 16.6. The van der Waals surface area contributed by atoms with Crippen molar-refractivity contribution in [3.63, 3.8) is 0 Å². The summed E-state index contributed by atoms with van der Waals surface area (Å²) in [5, 5.41) is 0. The number of alkyl halides is 9. The van der Waals surface area contributed by atoms with Crippen molar-refractivity contribution in [2.75, 3.05) is 0 Å². The van der Waals surface area contributed by atoms with Crippen molar-refractivity contribution in [1.29, 1.82) is 0 Å². The third-order valence-corrected chi connectivity index (χ3v) is 2.55. The molecule has 0 radical (unpaired) electrons. The topological polar surface area (TPSA) is 0 Å². The van der Waals surface area contributed by atoms with Gasteiger partial charge in [0.2, 0.25) is 0 Å². The molecule has 0 spiro atoms. The Morgan fingerprint density at radius 3 is 1.10 bits per heavy atom. The van der Waals surface area contributed by atoms with Crippen LogP contribution < -0.4 is 0 Å². The van der Waals surface area contributed by atoms with E-state index in [9.17, 15) is 43.9 Å². The Balaban J connectivity index is 3.77. The van der Waals surface area contributed by atoms with E-state index in [-0.39, 0.29) is 24.3 Å². The minimum absolute atomic E-state index is 0.0906. The van der Waals surface area contributed by atoms with Crippen LogP contribution in [0.2, 0.25) is 0 Å². The molecule has 0 bridgehead atoms. The number of hydrogen-bond donors (Lipinski definition) is 0. The Bertz CT molecular complexity index is 425. The molecule has 20 heavy (non-hydrogen) atoms. The standard InChI is InChI=1S/C10H4F10/c11-6-3-1-5(2-4-6)7(8(12,13)14,9(15,16)17)10(18,19)20/h1-4H. The molecule has 0 aliphatic carbocycles. The van der Waals surface area contributed by atoms with E-state index in [4.69, 9.17) is 0 Å². The van der Waals surface area contributed by atoms with Gasteiger partial charge < -0.3 is 0 Å². The van der Waals surface area contributed by atoms with Crippen LogP contribution in [0.15, 0.2) is 24.3 Å². The first-order chi connectivity index (χ1) is 8.75. The van der Waals surface area contributed by atoms with E-state index >= 15 is 0 Å². The number of benzene rings is 1. The van der Waals surface area contributed by atoms with Gasteiger partial charge in [-0.3, -0.25) is 0 Å². The average Bonchev–Trinajstić information content (AvgIpc) is 2.14. The predicted octanol–water partition coefficient (Wildman–Crippen LogP) is 4.75. The normalized spacial score (nSPS) is 14.5. The number of halogens is 10. The molecule has 1 aromatic rings. The Morgan fingerprint density at radius 2 is 0.850 bits per heavy atom. The van der Waals surface area contributed by atoms with Crippen molar-refractivity contribution in [2.24, 2.45) is 0 Å². The van der Waals surface area contributed by atoms with Crippen molar-refractivity contribution < 1.29 is 43.9 Å². The molecule has 0 saturated carbocycles. The largest absolute Gasteiger partial charge is 0.416 e. The van der Waals surface area contributed by atoms with E-state index in [0.29, 0.717) is 0 Å². The summed E-state index contributed by atoms with van der Waals surface area (Å²) in [6.45, 7) is 0. The fraction of sp³-hybridized carbons (Fsp3) is 0.400. The third kappa shape index (κ3) is 2.31. The van der Waals surface area contributed by atoms with Crippen LogP contribution in [0.25, 0.3) is 0 Å². The zero-order valence-electron chi connectivity index (χ0n) is 9.09. The lowest BCUT2D eigenvalue weighted by Gasteiger charge is -2.38. The molecule has 0 unspecified atom stereocenters. The minimum atomic E-state index is -6.69. The summed E-state index contributed by atoms with van der Waals surface area (Å²) in [4.78, 5) is 0. The summed E-state index contributed by atoms with van der Waals surface area (Å²) in [5.41, 5.74) is -8.22. The van der Waals surface area contributed by atoms with E-state index in [2.05, 4.69) is 0 Å². The molecule has 0 heterocycles. The number of rotatable bonds is 1. The summed E-state index contributed by atoms with van der Waals surface area (Å²) in [6, 6.07) is -0.200. The molecule has 1 aromatic carbocycles. The van der Waals surface area contributed by atoms with Crippen molar-refractivity contribution in [3.8, 4) is 0 Å². The van der Waals surface area contributed by atoms with Gasteiger partial charge in [-0.15, -0.1) is 0 Å². The van der Waals surface area contributed by atoms with Gasteiger partial charge in [-0.05, 0) is 17.7 Å². The summed E-state index contributed by atoms with van der Waals surface area (Å²) in [7, 11) is 0. The van der Waals surface area contributed by atoms with E-state index in [1.165, 1.54) is 0 Å². The molecule has 114 valence electrons. The van der Waals surface area contributed by atoms with E-state index in [0.717, 1.165) is 0 Å². The van der Waals surface area contributed by atoms with Gasteiger partial charge in [-0.2, -0.15) is 39.5 Å². The van der Waals surface area contributed by atoms with E-state index < -0.39 is 35.3 Å². The summed E-state index contributed by atoms with van der Waals surface area (Å²) < 4.78 is 126. The van der Waals surface area contributed by atoms with Gasteiger partial charge in [0, 0.05) is 0 Å². The summed E-state index contributed by atoms with van der Waals surface area (Å²) in [6.07, 6.45) is -20.1. The van der Waals surface area contributed by atoms with Crippen LogP contribution in [0.3, 0.4) is 0 Å². The summed E-state index contributed by atoms with van der Waals surface area (Å²) >= 11 is 0. The maximum absolute atomic E-state index is 12.6. The van der Waals surface area contributed by atoms with Gasteiger partial charge in [0.1, 0.15) is 5.82 Å². The van der Waals surface area contributed by atoms with Crippen LogP contribution in [0.1, 0.15) is 5.56 Å². The van der Waals surface area contributed by atoms with Gasteiger partial charge >= 0.3 is 18.5 Å². The smallest absolute Gasteiger partial charge is 0.207 e. The highest BCUT2D eigenvalue weighted by Gasteiger charge is 2.84. The molecule has 0 amide bonds. The molecule has 0 saturated heterocycles. The number of hydrogen-bond acceptors (Lipinski definition) is 0. The quantitative estimate of drug-likeness (QED) is 0.656. The van der Waals surface area contributed by atoms with Gasteiger partial charge in [0.05, 0.1) is 0 Å². The van der Waals surface area contributed by atoms with Crippen LogP contribution in [0.5, 0.6) is 0 Å². The van der Waals surface area contributed by atoms with Crippen LogP contribution in [0, 0.1) is 5.82 Å². The molecular weight excluding hydrogens is 310 g/mol. The van der Waals surface area contributed by atoms with Crippen molar-refractivity contribution in [1.82, 2.24) is 0 Å². The zero-order valence-corrected chi connectivity index (χ0v) is 9.09. The fourth-order valence-corrected chi connectivity index (χ4v) is 1.67. The van der Waals surface area contributed by atoms with Crippen LogP contribution in [0.4, 0.5) is 43.9 Å². The molecule has 0 aliphatic heterocycles. The second-order valence-electron chi connectivity index (χ2n) is 3.75. The van der Waals surface area contributed by atoms with Gasteiger partial charge in [0.15, 0.2) is 0 Å². The molecule has 0 atom stereocenters. The highest BCUT2D eigenvalue weighted by atomic mass is 19.4. The van der Waals surface area contributed by atoms with Crippen LogP contribution >= 0.6 is 0 Å². The molecule has 0 N–H and O–H groups in total. The molecule has 0 aliphatic rings. The lowest BCUT2D eigenvalue weighted by atomic mass is 9.78. The maximum Gasteiger partial charge on any atom is 0.416 e. The molecule has 0 fully saturated rings. The lowest BCUT2D eigenvalue weighted by molar-refractivity contribution is -0.387. The lowest BCUT2D eigenvalue weighted by Crippen LogP contribution is -2.63. The summed E-state index contributed by atoms with van der Waals surface area (Å²) in [5.74, 6) is -1.27. The highest BCUT2D eigenvalue weighted by Crippen LogP contribution is 2.60. The van der Waals surface area contributed by atoms with Crippen molar-refractivity contribution in [3.05, 3.63) is 35.6 Å². The predicted molar refractivity (Wildman–Crippen MR) is 46.2 cm³/mol. The Labute approximate surface area is 105 Å². The van der Waals surface area contributed by atoms with Crippen LogP contribution in [-0.4, -0.2) is 18.5 Å². The Kier molecular flexibility index (Phi) is 3.75.